The highest BCUT2D eigenvalue weighted by Gasteiger charge is 2.31. The average molecular weight is 375 g/mol. The molecular formula is C19H25N3O3S. The summed E-state index contributed by atoms with van der Waals surface area (Å²) in [5.41, 5.74) is 2.25. The minimum absolute atomic E-state index is 0.0278. The number of hydrogen-bond donors (Lipinski definition) is 0. The van der Waals surface area contributed by atoms with Gasteiger partial charge in [0.2, 0.25) is 0 Å². The van der Waals surface area contributed by atoms with Crippen LogP contribution in [-0.4, -0.2) is 46.6 Å². The molecule has 1 saturated heterocycles. The molecule has 1 amide bonds. The van der Waals surface area contributed by atoms with Crippen LogP contribution in [0.1, 0.15) is 48.1 Å². The molecule has 0 saturated carbocycles. The molecule has 2 aromatic rings. The van der Waals surface area contributed by atoms with Crippen LogP contribution >= 0.6 is 0 Å². The van der Waals surface area contributed by atoms with E-state index in [1.54, 1.807) is 15.6 Å². The summed E-state index contributed by atoms with van der Waals surface area (Å²) in [6.07, 6.45) is 0.552. The predicted molar refractivity (Wildman–Crippen MR) is 101 cm³/mol. The maximum atomic E-state index is 13.0. The molecule has 1 aliphatic rings. The van der Waals surface area contributed by atoms with Crippen LogP contribution in [0.3, 0.4) is 0 Å². The predicted octanol–water partition coefficient (Wildman–Crippen LogP) is 2.60. The maximum absolute atomic E-state index is 13.0. The van der Waals surface area contributed by atoms with Crippen LogP contribution in [-0.2, 0) is 16.4 Å². The molecule has 1 aromatic heterocycles. The van der Waals surface area contributed by atoms with Gasteiger partial charge >= 0.3 is 0 Å². The summed E-state index contributed by atoms with van der Waals surface area (Å²) in [5, 5.41) is 4.46. The molecule has 1 unspecified atom stereocenters. The third kappa shape index (κ3) is 3.98. The molecule has 0 N–H and O–H groups in total. The third-order valence-corrected chi connectivity index (χ3v) is 6.53. The normalized spacial score (nSPS) is 19.0. The van der Waals surface area contributed by atoms with E-state index in [1.807, 2.05) is 51.1 Å². The molecule has 1 aromatic carbocycles. The monoisotopic (exact) mass is 375 g/mol. The number of carbonyl (C=O) groups is 1. The second-order valence-electron chi connectivity index (χ2n) is 7.18. The van der Waals surface area contributed by atoms with E-state index in [4.69, 9.17) is 0 Å². The average Bonchev–Trinajstić information content (AvgIpc) is 3.15. The summed E-state index contributed by atoms with van der Waals surface area (Å²) >= 11 is 0. The number of aryl methyl sites for hydroxylation is 1. The zero-order valence-corrected chi connectivity index (χ0v) is 16.2. The molecule has 2 heterocycles. The summed E-state index contributed by atoms with van der Waals surface area (Å²) in [4.78, 5) is 14.8. The van der Waals surface area contributed by atoms with Crippen molar-refractivity contribution >= 4 is 15.7 Å². The van der Waals surface area contributed by atoms with Gasteiger partial charge in [-0.25, -0.2) is 8.42 Å². The Morgan fingerprint density at radius 2 is 2.00 bits per heavy atom. The number of rotatable bonds is 5. The molecular weight excluding hydrogens is 350 g/mol. The van der Waals surface area contributed by atoms with Gasteiger partial charge in [0.05, 0.1) is 17.5 Å². The van der Waals surface area contributed by atoms with Crippen molar-refractivity contribution in [1.29, 1.82) is 0 Å². The van der Waals surface area contributed by atoms with Gasteiger partial charge in [-0.3, -0.25) is 9.48 Å². The highest BCUT2D eigenvalue weighted by molar-refractivity contribution is 7.91. The van der Waals surface area contributed by atoms with E-state index in [2.05, 4.69) is 5.10 Å². The van der Waals surface area contributed by atoms with E-state index < -0.39 is 9.84 Å². The fourth-order valence-corrected chi connectivity index (χ4v) is 5.04. The van der Waals surface area contributed by atoms with Crippen molar-refractivity contribution in [3.63, 3.8) is 0 Å². The van der Waals surface area contributed by atoms with Crippen molar-refractivity contribution in [1.82, 2.24) is 14.7 Å². The lowest BCUT2D eigenvalue weighted by Crippen LogP contribution is -2.36. The molecule has 7 heteroatoms. The van der Waals surface area contributed by atoms with E-state index in [9.17, 15) is 13.2 Å². The summed E-state index contributed by atoms with van der Waals surface area (Å²) in [6, 6.07) is 11.5. The first kappa shape index (κ1) is 18.6. The summed E-state index contributed by atoms with van der Waals surface area (Å²) in [7, 11) is -3.00. The van der Waals surface area contributed by atoms with Gasteiger partial charge in [-0.05, 0) is 38.8 Å². The number of carbonyl (C=O) groups excluding carboxylic acids is 1. The zero-order chi connectivity index (χ0) is 18.9. The third-order valence-electron chi connectivity index (χ3n) is 4.78. The lowest BCUT2D eigenvalue weighted by atomic mass is 10.1. The first-order valence-electron chi connectivity index (χ1n) is 8.88. The summed E-state index contributed by atoms with van der Waals surface area (Å²) in [6.45, 7) is 6.34. The molecule has 1 fully saturated rings. The molecule has 3 rings (SSSR count). The van der Waals surface area contributed by atoms with Gasteiger partial charge in [0, 0.05) is 18.3 Å². The van der Waals surface area contributed by atoms with Gasteiger partial charge in [-0.15, -0.1) is 0 Å². The van der Waals surface area contributed by atoms with Crippen LogP contribution in [0.5, 0.6) is 0 Å². The molecule has 140 valence electrons. The lowest BCUT2D eigenvalue weighted by Gasteiger charge is -2.26. The van der Waals surface area contributed by atoms with E-state index in [0.29, 0.717) is 18.7 Å². The SMILES string of the molecule is Cc1cc(C(=O)N(Cc2ccccc2)C(C)C)nn1C1CCS(=O)(=O)C1. The summed E-state index contributed by atoms with van der Waals surface area (Å²) in [5.74, 6) is 0.152. The second kappa shape index (κ2) is 7.23. The van der Waals surface area contributed by atoms with Crippen molar-refractivity contribution in [2.24, 2.45) is 0 Å². The van der Waals surface area contributed by atoms with Crippen molar-refractivity contribution in [3.8, 4) is 0 Å². The standard InChI is InChI=1S/C19H25N3O3S/c1-14(2)21(12-16-7-5-4-6-8-16)19(23)18-11-15(3)22(20-18)17-9-10-26(24,25)13-17/h4-8,11,14,17H,9-10,12-13H2,1-3H3. The highest BCUT2D eigenvalue weighted by atomic mass is 32.2. The number of nitrogens with zero attached hydrogens (tertiary/aromatic N) is 3. The molecule has 0 radical (unpaired) electrons. The van der Waals surface area contributed by atoms with Gasteiger partial charge in [0.1, 0.15) is 0 Å². The molecule has 0 bridgehead atoms. The maximum Gasteiger partial charge on any atom is 0.274 e. The van der Waals surface area contributed by atoms with Gasteiger partial charge < -0.3 is 4.90 Å². The Bertz CT molecular complexity index is 888. The smallest absolute Gasteiger partial charge is 0.274 e. The number of amides is 1. The number of sulfone groups is 1. The Hall–Kier alpha value is -2.15. The molecule has 0 aliphatic carbocycles. The fourth-order valence-electron chi connectivity index (χ4n) is 3.35. The Kier molecular flexibility index (Phi) is 5.18. The van der Waals surface area contributed by atoms with Crippen LogP contribution in [0.4, 0.5) is 0 Å². The first-order chi connectivity index (χ1) is 12.3. The molecule has 1 aliphatic heterocycles. The number of aromatic nitrogens is 2. The van der Waals surface area contributed by atoms with E-state index in [0.717, 1.165) is 11.3 Å². The minimum Gasteiger partial charge on any atom is -0.331 e. The largest absolute Gasteiger partial charge is 0.331 e. The van der Waals surface area contributed by atoms with Crippen LogP contribution in [0.25, 0.3) is 0 Å². The second-order valence-corrected chi connectivity index (χ2v) is 9.41. The van der Waals surface area contributed by atoms with Crippen LogP contribution in [0.15, 0.2) is 36.4 Å². The summed E-state index contributed by atoms with van der Waals surface area (Å²) < 4.78 is 25.2. The lowest BCUT2D eigenvalue weighted by molar-refractivity contribution is 0.0683. The topological polar surface area (TPSA) is 72.3 Å². The van der Waals surface area contributed by atoms with Crippen molar-refractivity contribution in [2.45, 2.75) is 45.8 Å². The van der Waals surface area contributed by atoms with Crippen LogP contribution in [0, 0.1) is 6.92 Å². The van der Waals surface area contributed by atoms with Gasteiger partial charge in [0.25, 0.3) is 5.91 Å². The number of benzene rings is 1. The van der Waals surface area contributed by atoms with Crippen LogP contribution < -0.4 is 0 Å². The fraction of sp³-hybridized carbons (Fsp3) is 0.474. The molecule has 26 heavy (non-hydrogen) atoms. The molecule has 0 spiro atoms. The molecule has 1 atom stereocenters. The van der Waals surface area contributed by atoms with Crippen molar-refractivity contribution in [2.75, 3.05) is 11.5 Å². The van der Waals surface area contributed by atoms with Crippen molar-refractivity contribution < 1.29 is 13.2 Å². The van der Waals surface area contributed by atoms with Gasteiger partial charge in [-0.2, -0.15) is 5.10 Å². The Morgan fingerprint density at radius 1 is 1.31 bits per heavy atom. The van der Waals surface area contributed by atoms with Gasteiger partial charge in [0.15, 0.2) is 15.5 Å². The molecule has 6 nitrogen and oxygen atoms in total. The van der Waals surface area contributed by atoms with E-state index >= 15 is 0 Å². The zero-order valence-electron chi connectivity index (χ0n) is 15.4. The Morgan fingerprint density at radius 3 is 2.58 bits per heavy atom. The van der Waals surface area contributed by atoms with Crippen molar-refractivity contribution in [3.05, 3.63) is 53.3 Å². The minimum atomic E-state index is -3.00. The number of hydrogen-bond acceptors (Lipinski definition) is 4. The van der Waals surface area contributed by atoms with E-state index in [-0.39, 0.29) is 29.5 Å². The highest BCUT2D eigenvalue weighted by Crippen LogP contribution is 2.25. The first-order valence-corrected chi connectivity index (χ1v) is 10.7. The van der Waals surface area contributed by atoms with Gasteiger partial charge in [-0.1, -0.05) is 30.3 Å². The van der Waals surface area contributed by atoms with Crippen LogP contribution in [0.2, 0.25) is 0 Å². The quantitative estimate of drug-likeness (QED) is 0.805. The van der Waals surface area contributed by atoms with E-state index in [1.165, 1.54) is 0 Å². The Labute approximate surface area is 154 Å². The Balaban J connectivity index is 1.83.